The summed E-state index contributed by atoms with van der Waals surface area (Å²) in [6.07, 6.45) is 3.11. The second-order valence-electron chi connectivity index (χ2n) is 3.81. The van der Waals surface area contributed by atoms with E-state index in [0.717, 1.165) is 38.9 Å². The van der Waals surface area contributed by atoms with Crippen molar-refractivity contribution in [3.8, 4) is 0 Å². The van der Waals surface area contributed by atoms with Crippen molar-refractivity contribution in [1.82, 2.24) is 10.0 Å². The number of aliphatic hydroxyl groups excluding tert-OH is 1. The molecule has 0 aromatic rings. The lowest BCUT2D eigenvalue weighted by Gasteiger charge is -2.36. The van der Waals surface area contributed by atoms with E-state index >= 15 is 0 Å². The Morgan fingerprint density at radius 1 is 1.23 bits per heavy atom. The van der Waals surface area contributed by atoms with Crippen molar-refractivity contribution in [1.29, 1.82) is 0 Å². The highest BCUT2D eigenvalue weighted by atomic mass is 16.3. The summed E-state index contributed by atoms with van der Waals surface area (Å²) < 4.78 is 0. The lowest BCUT2D eigenvalue weighted by atomic mass is 10.1. The van der Waals surface area contributed by atoms with Gasteiger partial charge in [-0.15, -0.1) is 0 Å². The quantitative estimate of drug-likeness (QED) is 0.623. The van der Waals surface area contributed by atoms with Gasteiger partial charge >= 0.3 is 0 Å². The number of piperidine rings is 1. The monoisotopic (exact) mass is 184 g/mol. The smallest absolute Gasteiger partial charge is 0.236 e. The molecule has 2 rings (SSSR count). The topological polar surface area (TPSA) is 43.8 Å². The standard InChI is InChI=1S/C9H16N2O2/c12-8-3-6-10(7-4-8)11-5-1-2-9(11)13/h8,12H,1-7H2. The van der Waals surface area contributed by atoms with Gasteiger partial charge in [-0.2, -0.15) is 0 Å². The van der Waals surface area contributed by atoms with Crippen molar-refractivity contribution in [3.05, 3.63) is 0 Å². The minimum Gasteiger partial charge on any atom is -0.393 e. The van der Waals surface area contributed by atoms with Crippen molar-refractivity contribution in [3.63, 3.8) is 0 Å². The zero-order valence-corrected chi connectivity index (χ0v) is 7.78. The third kappa shape index (κ3) is 1.84. The van der Waals surface area contributed by atoms with Gasteiger partial charge in [0.1, 0.15) is 0 Å². The molecule has 0 aromatic carbocycles. The van der Waals surface area contributed by atoms with Crippen LogP contribution >= 0.6 is 0 Å². The molecule has 0 unspecified atom stereocenters. The Bertz CT molecular complexity index is 200. The van der Waals surface area contributed by atoms with Gasteiger partial charge in [-0.1, -0.05) is 0 Å². The van der Waals surface area contributed by atoms with E-state index in [1.807, 2.05) is 5.01 Å². The predicted octanol–water partition coefficient (Wildman–Crippen LogP) is -0.0195. The average molecular weight is 184 g/mol. The third-order valence-electron chi connectivity index (χ3n) is 2.83. The van der Waals surface area contributed by atoms with E-state index in [-0.39, 0.29) is 12.0 Å². The Labute approximate surface area is 78.1 Å². The van der Waals surface area contributed by atoms with Crippen LogP contribution in [0.1, 0.15) is 25.7 Å². The molecule has 1 amide bonds. The van der Waals surface area contributed by atoms with E-state index in [2.05, 4.69) is 5.01 Å². The average Bonchev–Trinajstić information content (AvgIpc) is 2.53. The Balaban J connectivity index is 1.90. The first-order valence-corrected chi connectivity index (χ1v) is 5.00. The second-order valence-corrected chi connectivity index (χ2v) is 3.81. The Morgan fingerprint density at radius 3 is 2.46 bits per heavy atom. The van der Waals surface area contributed by atoms with Crippen LogP contribution < -0.4 is 0 Å². The number of aliphatic hydroxyl groups is 1. The summed E-state index contributed by atoms with van der Waals surface area (Å²) in [7, 11) is 0. The summed E-state index contributed by atoms with van der Waals surface area (Å²) in [6, 6.07) is 0. The molecule has 0 aromatic heterocycles. The fourth-order valence-corrected chi connectivity index (χ4v) is 2.03. The molecule has 4 nitrogen and oxygen atoms in total. The predicted molar refractivity (Wildman–Crippen MR) is 47.8 cm³/mol. The number of rotatable bonds is 1. The summed E-state index contributed by atoms with van der Waals surface area (Å²) in [6.45, 7) is 2.52. The number of carbonyl (C=O) groups is 1. The van der Waals surface area contributed by atoms with E-state index in [1.165, 1.54) is 0 Å². The van der Waals surface area contributed by atoms with Crippen LogP contribution in [0.4, 0.5) is 0 Å². The van der Waals surface area contributed by atoms with Crippen LogP contribution in [0.15, 0.2) is 0 Å². The maximum Gasteiger partial charge on any atom is 0.236 e. The first kappa shape index (κ1) is 8.97. The molecule has 1 N–H and O–H groups in total. The molecule has 0 spiro atoms. The van der Waals surface area contributed by atoms with Crippen LogP contribution in [0.25, 0.3) is 0 Å². The van der Waals surface area contributed by atoms with Gasteiger partial charge in [-0.25, -0.2) is 5.01 Å². The summed E-state index contributed by atoms with van der Waals surface area (Å²) in [4.78, 5) is 11.4. The number of hydrogen-bond donors (Lipinski definition) is 1. The number of hydrazine groups is 1. The van der Waals surface area contributed by atoms with Crippen LogP contribution in [-0.4, -0.2) is 46.8 Å². The van der Waals surface area contributed by atoms with Gasteiger partial charge in [0.05, 0.1) is 6.10 Å². The lowest BCUT2D eigenvalue weighted by molar-refractivity contribution is -0.146. The molecule has 2 heterocycles. The zero-order valence-electron chi connectivity index (χ0n) is 7.78. The molecule has 2 fully saturated rings. The highest BCUT2D eigenvalue weighted by Gasteiger charge is 2.28. The minimum atomic E-state index is -0.158. The van der Waals surface area contributed by atoms with Gasteiger partial charge in [0, 0.05) is 26.1 Å². The molecular weight excluding hydrogens is 168 g/mol. The molecule has 4 heteroatoms. The van der Waals surface area contributed by atoms with Crippen LogP contribution in [-0.2, 0) is 4.79 Å². The first-order valence-electron chi connectivity index (χ1n) is 5.00. The molecular formula is C9H16N2O2. The van der Waals surface area contributed by atoms with Crippen LogP contribution in [0.3, 0.4) is 0 Å². The van der Waals surface area contributed by atoms with Crippen LogP contribution in [0.2, 0.25) is 0 Å². The summed E-state index contributed by atoms with van der Waals surface area (Å²) in [5, 5.41) is 13.2. The highest BCUT2D eigenvalue weighted by molar-refractivity contribution is 5.77. The Morgan fingerprint density at radius 2 is 1.92 bits per heavy atom. The maximum absolute atomic E-state index is 11.4. The number of carbonyl (C=O) groups excluding carboxylic acids is 1. The second kappa shape index (κ2) is 3.64. The minimum absolute atomic E-state index is 0.158. The molecule has 2 aliphatic rings. The number of nitrogens with zero attached hydrogens (tertiary/aromatic N) is 2. The molecule has 0 aliphatic carbocycles. The van der Waals surface area contributed by atoms with Gasteiger partial charge in [0.25, 0.3) is 0 Å². The summed E-state index contributed by atoms with van der Waals surface area (Å²) in [5.74, 6) is 0.247. The molecule has 0 saturated carbocycles. The van der Waals surface area contributed by atoms with Gasteiger partial charge < -0.3 is 5.11 Å². The molecule has 0 radical (unpaired) electrons. The van der Waals surface area contributed by atoms with Crippen molar-refractivity contribution < 1.29 is 9.90 Å². The van der Waals surface area contributed by atoms with Gasteiger partial charge in [-0.05, 0) is 19.3 Å². The van der Waals surface area contributed by atoms with Crippen molar-refractivity contribution >= 4 is 5.91 Å². The molecule has 74 valence electrons. The SMILES string of the molecule is O=C1CCCN1N1CCC(O)CC1. The van der Waals surface area contributed by atoms with Crippen molar-refractivity contribution in [2.24, 2.45) is 0 Å². The van der Waals surface area contributed by atoms with Gasteiger partial charge in [-0.3, -0.25) is 9.80 Å². The van der Waals surface area contributed by atoms with Crippen molar-refractivity contribution in [2.75, 3.05) is 19.6 Å². The molecule has 13 heavy (non-hydrogen) atoms. The highest BCUT2D eigenvalue weighted by Crippen LogP contribution is 2.18. The maximum atomic E-state index is 11.4. The van der Waals surface area contributed by atoms with E-state index in [0.29, 0.717) is 6.42 Å². The van der Waals surface area contributed by atoms with E-state index in [1.54, 1.807) is 0 Å². The van der Waals surface area contributed by atoms with Crippen LogP contribution in [0.5, 0.6) is 0 Å². The summed E-state index contributed by atoms with van der Waals surface area (Å²) >= 11 is 0. The van der Waals surface area contributed by atoms with E-state index in [9.17, 15) is 9.90 Å². The number of hydrogen-bond acceptors (Lipinski definition) is 3. The lowest BCUT2D eigenvalue weighted by Crippen LogP contribution is -2.48. The van der Waals surface area contributed by atoms with Crippen LogP contribution in [0, 0.1) is 0 Å². The van der Waals surface area contributed by atoms with E-state index in [4.69, 9.17) is 0 Å². The Hall–Kier alpha value is -0.610. The van der Waals surface area contributed by atoms with Gasteiger partial charge in [0.15, 0.2) is 0 Å². The van der Waals surface area contributed by atoms with Crippen molar-refractivity contribution in [2.45, 2.75) is 31.8 Å². The van der Waals surface area contributed by atoms with E-state index < -0.39 is 0 Å². The fraction of sp³-hybridized carbons (Fsp3) is 0.889. The zero-order chi connectivity index (χ0) is 9.26. The molecule has 2 aliphatic heterocycles. The fourth-order valence-electron chi connectivity index (χ4n) is 2.03. The number of amides is 1. The first-order chi connectivity index (χ1) is 6.27. The molecule has 0 atom stereocenters. The van der Waals surface area contributed by atoms with Gasteiger partial charge in [0.2, 0.25) is 5.91 Å². The largest absolute Gasteiger partial charge is 0.393 e. The molecule has 2 saturated heterocycles. The third-order valence-corrected chi connectivity index (χ3v) is 2.83. The normalized spacial score (nSPS) is 27.2. The molecule has 0 bridgehead atoms. The summed E-state index contributed by atoms with van der Waals surface area (Å²) in [5.41, 5.74) is 0. The Kier molecular flexibility index (Phi) is 2.51.